The molecule has 0 atom stereocenters. The number of nitrogens with zero attached hydrogens (tertiary/aromatic N) is 4. The van der Waals surface area contributed by atoms with Crippen LogP contribution in [0.3, 0.4) is 0 Å². The Morgan fingerprint density at radius 3 is 2.53 bits per heavy atom. The number of aromatic nitrogens is 4. The topological polar surface area (TPSA) is 93.8 Å². The van der Waals surface area contributed by atoms with Crippen LogP contribution in [0, 0.1) is 5.82 Å². The monoisotopic (exact) mass is 498 g/mol. The lowest BCUT2D eigenvalue weighted by atomic mass is 9.99. The van der Waals surface area contributed by atoms with Gasteiger partial charge in [-0.2, -0.15) is 23.4 Å². The second kappa shape index (κ2) is 8.63. The number of carbonyl (C=O) groups excluding carboxylic acids is 2. The number of nitrogens with one attached hydrogen (secondary N) is 2. The van der Waals surface area contributed by atoms with E-state index in [0.717, 1.165) is 6.07 Å². The Morgan fingerprint density at radius 2 is 1.86 bits per heavy atom. The Kier molecular flexibility index (Phi) is 5.58. The minimum atomic E-state index is -4.87. The highest BCUT2D eigenvalue weighted by molar-refractivity contribution is 6.05. The third-order valence-electron chi connectivity index (χ3n) is 5.74. The fourth-order valence-electron chi connectivity index (χ4n) is 4.04. The molecule has 2 aromatic heterocycles. The van der Waals surface area contributed by atoms with E-state index in [2.05, 4.69) is 20.8 Å². The number of alkyl halides is 3. The summed E-state index contributed by atoms with van der Waals surface area (Å²) in [5.41, 5.74) is -0.822. The summed E-state index contributed by atoms with van der Waals surface area (Å²) in [4.78, 5) is 25.1. The lowest BCUT2D eigenvalue weighted by molar-refractivity contribution is -0.137. The maximum atomic E-state index is 14.9. The van der Waals surface area contributed by atoms with E-state index in [9.17, 15) is 27.2 Å². The Labute approximate surface area is 201 Å². The Bertz CT molecular complexity index is 1490. The molecule has 1 aliphatic heterocycles. The van der Waals surface area contributed by atoms with Crippen molar-refractivity contribution in [2.45, 2.75) is 19.1 Å². The molecule has 184 valence electrons. The van der Waals surface area contributed by atoms with Crippen LogP contribution in [0.15, 0.2) is 54.7 Å². The molecule has 3 heterocycles. The van der Waals surface area contributed by atoms with E-state index >= 15 is 0 Å². The summed E-state index contributed by atoms with van der Waals surface area (Å²) < 4.78 is 58.6. The minimum Gasteiger partial charge on any atom is -0.351 e. The number of rotatable bonds is 4. The van der Waals surface area contributed by atoms with E-state index in [0.29, 0.717) is 23.0 Å². The van der Waals surface area contributed by atoms with Gasteiger partial charge in [0.25, 0.3) is 5.91 Å². The zero-order valence-electron chi connectivity index (χ0n) is 18.7. The van der Waals surface area contributed by atoms with E-state index in [4.69, 9.17) is 0 Å². The molecule has 2 aromatic carbocycles. The predicted octanol–water partition coefficient (Wildman–Crippen LogP) is 3.86. The first-order valence-electron chi connectivity index (χ1n) is 10.8. The molecule has 8 nitrogen and oxygen atoms in total. The lowest BCUT2D eigenvalue weighted by Gasteiger charge is -2.16. The van der Waals surface area contributed by atoms with Gasteiger partial charge in [0.15, 0.2) is 0 Å². The summed E-state index contributed by atoms with van der Waals surface area (Å²) in [5.74, 6) is -2.38. The molecular weight excluding hydrogens is 480 g/mol. The lowest BCUT2D eigenvalue weighted by Crippen LogP contribution is -2.30. The first-order chi connectivity index (χ1) is 17.1. The van der Waals surface area contributed by atoms with Crippen molar-refractivity contribution in [2.75, 3.05) is 5.32 Å². The van der Waals surface area contributed by atoms with E-state index in [1.807, 2.05) is 0 Å². The SMILES string of the molecule is Cn1ccc(-c2cc(C(=O)Nc3c4c(nn3-c3ccccc3)CC(=O)NC4)c(F)cc2C(F)(F)F)n1. The fraction of sp³-hybridized carbons (Fsp3) is 0.167. The van der Waals surface area contributed by atoms with Gasteiger partial charge < -0.3 is 10.6 Å². The van der Waals surface area contributed by atoms with Crippen LogP contribution in [0.5, 0.6) is 0 Å². The van der Waals surface area contributed by atoms with Crippen molar-refractivity contribution in [1.29, 1.82) is 0 Å². The molecule has 0 spiro atoms. The fourth-order valence-corrected chi connectivity index (χ4v) is 4.04. The molecule has 12 heteroatoms. The number of anilines is 1. The maximum Gasteiger partial charge on any atom is 0.417 e. The Balaban J connectivity index is 1.60. The zero-order valence-corrected chi connectivity index (χ0v) is 18.7. The second-order valence-electron chi connectivity index (χ2n) is 8.18. The molecule has 2 amide bonds. The van der Waals surface area contributed by atoms with Crippen LogP contribution in [0.4, 0.5) is 23.4 Å². The first-order valence-corrected chi connectivity index (χ1v) is 10.8. The first kappa shape index (κ1) is 23.3. The summed E-state index contributed by atoms with van der Waals surface area (Å²) in [5, 5.41) is 13.7. The van der Waals surface area contributed by atoms with Crippen molar-refractivity contribution >= 4 is 17.6 Å². The molecule has 0 unspecified atom stereocenters. The van der Waals surface area contributed by atoms with Crippen LogP contribution >= 0.6 is 0 Å². The van der Waals surface area contributed by atoms with Crippen LogP contribution in [0.25, 0.3) is 16.9 Å². The summed E-state index contributed by atoms with van der Waals surface area (Å²) in [6.07, 6.45) is -3.44. The van der Waals surface area contributed by atoms with E-state index in [-0.39, 0.29) is 30.4 Å². The average Bonchev–Trinajstić information content (AvgIpc) is 3.42. The van der Waals surface area contributed by atoms with Crippen molar-refractivity contribution in [2.24, 2.45) is 7.05 Å². The van der Waals surface area contributed by atoms with Crippen LogP contribution in [-0.2, 0) is 31.0 Å². The molecule has 0 radical (unpaired) electrons. The number of amides is 2. The van der Waals surface area contributed by atoms with Crippen LogP contribution in [-0.4, -0.2) is 31.4 Å². The van der Waals surface area contributed by atoms with Gasteiger partial charge in [-0.3, -0.25) is 14.3 Å². The number of benzene rings is 2. The highest BCUT2D eigenvalue weighted by atomic mass is 19.4. The van der Waals surface area contributed by atoms with E-state index in [1.54, 1.807) is 30.3 Å². The summed E-state index contributed by atoms with van der Waals surface area (Å²) in [7, 11) is 1.53. The summed E-state index contributed by atoms with van der Waals surface area (Å²) in [6.45, 7) is 0.0747. The number of hydrogen-bond acceptors (Lipinski definition) is 4. The molecule has 5 rings (SSSR count). The van der Waals surface area contributed by atoms with Crippen LogP contribution < -0.4 is 10.6 Å². The van der Waals surface area contributed by atoms with Gasteiger partial charge in [-0.05, 0) is 30.3 Å². The Hall–Kier alpha value is -4.48. The minimum absolute atomic E-state index is 0.0174. The van der Waals surface area contributed by atoms with Gasteiger partial charge in [0.05, 0.1) is 34.6 Å². The third-order valence-corrected chi connectivity index (χ3v) is 5.74. The van der Waals surface area contributed by atoms with Gasteiger partial charge in [-0.25, -0.2) is 9.07 Å². The van der Waals surface area contributed by atoms with Gasteiger partial charge in [-0.1, -0.05) is 18.2 Å². The number of carbonyl (C=O) groups is 2. The van der Waals surface area contributed by atoms with Crippen molar-refractivity contribution < 1.29 is 27.2 Å². The molecule has 0 saturated heterocycles. The molecule has 1 aliphatic rings. The van der Waals surface area contributed by atoms with Gasteiger partial charge in [0, 0.05) is 30.9 Å². The number of aryl methyl sites for hydroxylation is 1. The van der Waals surface area contributed by atoms with Crippen LogP contribution in [0.2, 0.25) is 0 Å². The van der Waals surface area contributed by atoms with Crippen molar-refractivity contribution in [3.8, 4) is 16.9 Å². The largest absolute Gasteiger partial charge is 0.417 e. The van der Waals surface area contributed by atoms with Crippen molar-refractivity contribution in [3.05, 3.63) is 82.9 Å². The molecular formula is C24H18F4N6O2. The quantitative estimate of drug-likeness (QED) is 0.418. The van der Waals surface area contributed by atoms with Gasteiger partial charge >= 0.3 is 6.18 Å². The molecule has 0 saturated carbocycles. The molecule has 4 aromatic rings. The molecule has 0 fully saturated rings. The molecule has 36 heavy (non-hydrogen) atoms. The number of halogens is 4. The molecule has 2 N–H and O–H groups in total. The number of fused-ring (bicyclic) bond motifs is 1. The standard InChI is InChI=1S/C24H18F4N6O2/c1-33-8-7-19(31-33)14-9-15(18(25)10-17(14)24(26,27)28)23(36)30-22-16-12-29-21(35)11-20(16)32-34(22)13-5-3-2-4-6-13/h2-10H,11-12H2,1H3,(H,29,35)(H,30,36). The highest BCUT2D eigenvalue weighted by Gasteiger charge is 2.36. The van der Waals surface area contributed by atoms with Crippen molar-refractivity contribution in [3.63, 3.8) is 0 Å². The summed E-state index contributed by atoms with van der Waals surface area (Å²) >= 11 is 0. The highest BCUT2D eigenvalue weighted by Crippen LogP contribution is 2.38. The zero-order chi connectivity index (χ0) is 25.6. The second-order valence-corrected chi connectivity index (χ2v) is 8.18. The Morgan fingerprint density at radius 1 is 1.11 bits per heavy atom. The third kappa shape index (κ3) is 4.21. The van der Waals surface area contributed by atoms with Gasteiger partial charge in [0.2, 0.25) is 5.91 Å². The summed E-state index contributed by atoms with van der Waals surface area (Å²) in [6, 6.07) is 11.2. The number of para-hydroxylation sites is 1. The molecule has 0 aliphatic carbocycles. The van der Waals surface area contributed by atoms with Gasteiger partial charge in [0.1, 0.15) is 11.6 Å². The normalized spacial score (nSPS) is 13.3. The van der Waals surface area contributed by atoms with E-state index < -0.39 is 34.6 Å². The predicted molar refractivity (Wildman–Crippen MR) is 121 cm³/mol. The maximum absolute atomic E-state index is 14.9. The van der Waals surface area contributed by atoms with Crippen molar-refractivity contribution in [1.82, 2.24) is 24.9 Å². The number of hydrogen-bond donors (Lipinski definition) is 2. The smallest absolute Gasteiger partial charge is 0.351 e. The van der Waals surface area contributed by atoms with E-state index in [1.165, 1.54) is 28.7 Å². The van der Waals surface area contributed by atoms with Crippen LogP contribution in [0.1, 0.15) is 27.2 Å². The van der Waals surface area contributed by atoms with Gasteiger partial charge in [-0.15, -0.1) is 0 Å². The average molecular weight is 498 g/mol. The molecule has 0 bridgehead atoms.